The minimum absolute atomic E-state index is 0. The van der Waals surface area contributed by atoms with E-state index in [-0.39, 0.29) is 24.8 Å². The molecular weight excluding hydrogens is 443 g/mol. The van der Waals surface area contributed by atoms with Crippen LogP contribution < -0.4 is 5.32 Å². The second kappa shape index (κ2) is 8.37. The topological polar surface area (TPSA) is 35.5 Å². The van der Waals surface area contributed by atoms with Crippen molar-refractivity contribution in [2.45, 2.75) is 18.9 Å². The highest BCUT2D eigenvalue weighted by atomic mass is 79.9. The Kier molecular flexibility index (Phi) is 7.78. The minimum Gasteiger partial charge on any atom is -0.506 e. The summed E-state index contributed by atoms with van der Waals surface area (Å²) in [5, 5.41) is 13.3. The van der Waals surface area contributed by atoms with Crippen molar-refractivity contribution >= 4 is 56.7 Å². The molecule has 1 saturated heterocycles. The lowest BCUT2D eigenvalue weighted by Crippen LogP contribution is -2.45. The van der Waals surface area contributed by atoms with Gasteiger partial charge in [-0.05, 0) is 68.3 Å². The SMILES string of the molecule is Cl.Cl.Oc1c(Br)cc([C@@H](C2CC2)N2CCNCC2)cc1Br. The first-order valence-corrected chi connectivity index (χ1v) is 8.38. The first-order chi connectivity index (χ1) is 9.16. The van der Waals surface area contributed by atoms with Gasteiger partial charge in [0.2, 0.25) is 0 Å². The van der Waals surface area contributed by atoms with Crippen LogP contribution in [0.1, 0.15) is 24.4 Å². The van der Waals surface area contributed by atoms with E-state index < -0.39 is 0 Å². The molecule has 0 amide bonds. The van der Waals surface area contributed by atoms with Crippen molar-refractivity contribution in [3.63, 3.8) is 0 Å². The molecule has 1 aliphatic carbocycles. The van der Waals surface area contributed by atoms with Gasteiger partial charge in [-0.25, -0.2) is 0 Å². The van der Waals surface area contributed by atoms with Gasteiger partial charge < -0.3 is 10.4 Å². The van der Waals surface area contributed by atoms with Crippen molar-refractivity contribution in [1.29, 1.82) is 0 Å². The van der Waals surface area contributed by atoms with Crippen molar-refractivity contribution in [3.05, 3.63) is 26.6 Å². The molecule has 2 N–H and O–H groups in total. The van der Waals surface area contributed by atoms with Crippen LogP contribution in [0.2, 0.25) is 0 Å². The van der Waals surface area contributed by atoms with Gasteiger partial charge in [-0.2, -0.15) is 0 Å². The molecule has 1 aromatic carbocycles. The molecule has 0 bridgehead atoms. The molecule has 0 spiro atoms. The summed E-state index contributed by atoms with van der Waals surface area (Å²) >= 11 is 6.90. The molecule has 21 heavy (non-hydrogen) atoms. The number of piperazine rings is 1. The van der Waals surface area contributed by atoms with Crippen LogP contribution in [0.5, 0.6) is 5.75 Å². The normalized spacial score (nSPS) is 20.3. The van der Waals surface area contributed by atoms with E-state index in [0.29, 0.717) is 11.8 Å². The predicted molar refractivity (Wildman–Crippen MR) is 97.9 cm³/mol. The number of nitrogens with zero attached hydrogens (tertiary/aromatic N) is 1. The molecule has 120 valence electrons. The van der Waals surface area contributed by atoms with Gasteiger partial charge in [0.05, 0.1) is 8.95 Å². The van der Waals surface area contributed by atoms with Crippen molar-refractivity contribution in [2.24, 2.45) is 5.92 Å². The van der Waals surface area contributed by atoms with Crippen LogP contribution in [0.15, 0.2) is 21.1 Å². The monoisotopic (exact) mass is 460 g/mol. The van der Waals surface area contributed by atoms with Gasteiger partial charge in [-0.15, -0.1) is 24.8 Å². The number of nitrogens with one attached hydrogen (secondary N) is 1. The smallest absolute Gasteiger partial charge is 0.143 e. The van der Waals surface area contributed by atoms with E-state index in [1.54, 1.807) is 0 Å². The standard InChI is InChI=1S/C14H18Br2N2O.2ClH/c15-11-7-10(8-12(16)14(11)19)13(9-1-2-9)18-5-3-17-4-6-18;;/h7-9,13,17,19H,1-6H2;2*1H/t13-;;/m1../s1. The van der Waals surface area contributed by atoms with E-state index in [2.05, 4.69) is 54.2 Å². The number of hydrogen-bond donors (Lipinski definition) is 2. The summed E-state index contributed by atoms with van der Waals surface area (Å²) in [7, 11) is 0. The Morgan fingerprint density at radius 3 is 2.10 bits per heavy atom. The van der Waals surface area contributed by atoms with Crippen LogP contribution >= 0.6 is 56.7 Å². The molecule has 0 unspecified atom stereocenters. The van der Waals surface area contributed by atoms with Gasteiger partial charge in [0.15, 0.2) is 0 Å². The van der Waals surface area contributed by atoms with Crippen molar-refractivity contribution < 1.29 is 5.11 Å². The second-order valence-electron chi connectivity index (χ2n) is 5.40. The minimum atomic E-state index is 0. The number of phenols is 1. The van der Waals surface area contributed by atoms with Crippen LogP contribution in [0, 0.1) is 5.92 Å². The molecule has 3 rings (SSSR count). The Labute approximate surface area is 154 Å². The fourth-order valence-corrected chi connectivity index (χ4v) is 4.13. The molecule has 1 saturated carbocycles. The molecule has 2 fully saturated rings. The zero-order valence-corrected chi connectivity index (χ0v) is 16.3. The van der Waals surface area contributed by atoms with Crippen LogP contribution in [0.25, 0.3) is 0 Å². The fraction of sp³-hybridized carbons (Fsp3) is 0.571. The van der Waals surface area contributed by atoms with E-state index >= 15 is 0 Å². The van der Waals surface area contributed by atoms with Crippen LogP contribution in [-0.4, -0.2) is 36.2 Å². The molecule has 0 radical (unpaired) electrons. The van der Waals surface area contributed by atoms with E-state index in [4.69, 9.17) is 0 Å². The highest BCUT2D eigenvalue weighted by molar-refractivity contribution is 9.11. The van der Waals surface area contributed by atoms with Crippen LogP contribution in [-0.2, 0) is 0 Å². The molecule has 7 heteroatoms. The zero-order valence-electron chi connectivity index (χ0n) is 11.5. The first-order valence-electron chi connectivity index (χ1n) is 6.79. The Morgan fingerprint density at radius 1 is 1.10 bits per heavy atom. The van der Waals surface area contributed by atoms with Gasteiger partial charge in [0.1, 0.15) is 5.75 Å². The van der Waals surface area contributed by atoms with Crippen molar-refractivity contribution in [1.82, 2.24) is 10.2 Å². The Balaban J connectivity index is 0.00000110. The number of halogens is 4. The number of hydrogen-bond acceptors (Lipinski definition) is 3. The molecule has 1 aliphatic heterocycles. The summed E-state index contributed by atoms with van der Waals surface area (Å²) in [5.41, 5.74) is 1.31. The summed E-state index contributed by atoms with van der Waals surface area (Å²) in [6, 6.07) is 4.64. The molecule has 0 aromatic heterocycles. The molecule has 1 aromatic rings. The van der Waals surface area contributed by atoms with Crippen molar-refractivity contribution in [3.8, 4) is 5.75 Å². The third kappa shape index (κ3) is 4.49. The van der Waals surface area contributed by atoms with Gasteiger partial charge >= 0.3 is 0 Å². The van der Waals surface area contributed by atoms with Gasteiger partial charge in [0.25, 0.3) is 0 Å². The molecule has 1 atom stereocenters. The summed E-state index contributed by atoms with van der Waals surface area (Å²) in [6.07, 6.45) is 2.65. The lowest BCUT2D eigenvalue weighted by molar-refractivity contribution is 0.156. The highest BCUT2D eigenvalue weighted by Gasteiger charge is 2.37. The third-order valence-electron chi connectivity index (χ3n) is 3.99. The molecule has 2 aliphatic rings. The first kappa shape index (κ1) is 19.5. The second-order valence-corrected chi connectivity index (χ2v) is 7.11. The van der Waals surface area contributed by atoms with Crippen LogP contribution in [0.4, 0.5) is 0 Å². The van der Waals surface area contributed by atoms with E-state index in [1.807, 2.05) is 0 Å². The zero-order chi connectivity index (χ0) is 13.4. The maximum absolute atomic E-state index is 9.86. The lowest BCUT2D eigenvalue weighted by Gasteiger charge is -2.35. The molecule has 1 heterocycles. The van der Waals surface area contributed by atoms with Crippen molar-refractivity contribution in [2.75, 3.05) is 26.2 Å². The highest BCUT2D eigenvalue weighted by Crippen LogP contribution is 2.47. The van der Waals surface area contributed by atoms with Gasteiger partial charge in [-0.1, -0.05) is 0 Å². The summed E-state index contributed by atoms with van der Waals surface area (Å²) in [4.78, 5) is 2.58. The van der Waals surface area contributed by atoms with Gasteiger partial charge in [-0.3, -0.25) is 4.90 Å². The average Bonchev–Trinajstić information content (AvgIpc) is 3.22. The van der Waals surface area contributed by atoms with Gasteiger partial charge in [0, 0.05) is 32.2 Å². The number of aromatic hydroxyl groups is 1. The predicted octanol–water partition coefficient (Wildman–Crippen LogP) is 4.12. The molecular formula is C14H20Br2Cl2N2O. The summed E-state index contributed by atoms with van der Waals surface area (Å²) < 4.78 is 1.55. The maximum Gasteiger partial charge on any atom is 0.143 e. The average molecular weight is 463 g/mol. The Morgan fingerprint density at radius 2 is 1.62 bits per heavy atom. The van der Waals surface area contributed by atoms with E-state index in [1.165, 1.54) is 18.4 Å². The molecule has 3 nitrogen and oxygen atoms in total. The number of phenolic OH excluding ortho intramolecular Hbond substituents is 1. The maximum atomic E-state index is 9.86. The van der Waals surface area contributed by atoms with E-state index in [0.717, 1.165) is 41.0 Å². The number of benzene rings is 1. The Bertz CT molecular complexity index is 457. The quantitative estimate of drug-likeness (QED) is 0.709. The van der Waals surface area contributed by atoms with E-state index in [9.17, 15) is 5.11 Å². The Hall–Kier alpha value is 0.480. The lowest BCUT2D eigenvalue weighted by atomic mass is 9.99. The summed E-state index contributed by atoms with van der Waals surface area (Å²) in [5.74, 6) is 1.07. The third-order valence-corrected chi connectivity index (χ3v) is 5.20. The van der Waals surface area contributed by atoms with Crippen LogP contribution in [0.3, 0.4) is 0 Å². The largest absolute Gasteiger partial charge is 0.506 e. The fourth-order valence-electron chi connectivity index (χ4n) is 2.91. The number of rotatable bonds is 3. The summed E-state index contributed by atoms with van der Waals surface area (Å²) in [6.45, 7) is 4.36.